The fourth-order valence-electron chi connectivity index (χ4n) is 3.36. The summed E-state index contributed by atoms with van der Waals surface area (Å²) in [5, 5.41) is 10.1. The number of carboxylic acid groups (broad SMARTS) is 1. The van der Waals surface area contributed by atoms with Gasteiger partial charge in [-0.3, -0.25) is 4.90 Å². The maximum atomic E-state index is 11.7. The number of halogens is 1. The molecule has 0 saturated carbocycles. The Balaban J connectivity index is 2.46. The van der Waals surface area contributed by atoms with E-state index < -0.39 is 11.6 Å². The van der Waals surface area contributed by atoms with Crippen LogP contribution in [0, 0.1) is 5.41 Å². The lowest BCUT2D eigenvalue weighted by atomic mass is 9.68. The predicted octanol–water partition coefficient (Wildman–Crippen LogP) is 3.73. The summed E-state index contributed by atoms with van der Waals surface area (Å²) in [6.45, 7) is 11.4. The van der Waals surface area contributed by atoms with Crippen LogP contribution in [0.1, 0.15) is 34.6 Å². The van der Waals surface area contributed by atoms with Crippen LogP contribution >= 0.6 is 11.6 Å². The van der Waals surface area contributed by atoms with Gasteiger partial charge in [-0.25, -0.2) is 9.78 Å². The first kappa shape index (κ1) is 16.9. The minimum absolute atomic E-state index is 0.0247. The first-order chi connectivity index (χ1) is 10.1. The zero-order valence-corrected chi connectivity index (χ0v) is 14.6. The van der Waals surface area contributed by atoms with Gasteiger partial charge in [0, 0.05) is 13.1 Å². The van der Waals surface area contributed by atoms with Gasteiger partial charge in [0.2, 0.25) is 0 Å². The smallest absolute Gasteiger partial charge is 0.407 e. The molecule has 1 fully saturated rings. The van der Waals surface area contributed by atoms with Crippen molar-refractivity contribution in [3.63, 3.8) is 0 Å². The van der Waals surface area contributed by atoms with Crippen LogP contribution in [0.15, 0.2) is 18.2 Å². The van der Waals surface area contributed by atoms with Gasteiger partial charge in [-0.05, 0) is 31.4 Å². The molecule has 2 rings (SSSR count). The SMILES string of the molecule is CC1N(c2cccc(Cl)n2)CCN(C(=O)O)C1(C)C(C)(C)C. The van der Waals surface area contributed by atoms with E-state index in [1.807, 2.05) is 19.1 Å². The van der Waals surface area contributed by atoms with Gasteiger partial charge in [0.25, 0.3) is 0 Å². The van der Waals surface area contributed by atoms with Crippen LogP contribution in [0.2, 0.25) is 5.15 Å². The molecule has 22 heavy (non-hydrogen) atoms. The van der Waals surface area contributed by atoms with E-state index in [1.54, 1.807) is 11.0 Å². The molecule has 1 aliphatic heterocycles. The van der Waals surface area contributed by atoms with Crippen molar-refractivity contribution in [1.82, 2.24) is 9.88 Å². The van der Waals surface area contributed by atoms with E-state index in [1.165, 1.54) is 0 Å². The Kier molecular flexibility index (Phi) is 4.30. The van der Waals surface area contributed by atoms with E-state index in [-0.39, 0.29) is 11.5 Å². The van der Waals surface area contributed by atoms with Gasteiger partial charge in [-0.15, -0.1) is 0 Å². The number of hydrogen-bond donors (Lipinski definition) is 1. The summed E-state index contributed by atoms with van der Waals surface area (Å²) < 4.78 is 0. The van der Waals surface area contributed by atoms with E-state index in [9.17, 15) is 9.90 Å². The molecule has 0 aromatic carbocycles. The number of aromatic nitrogens is 1. The van der Waals surface area contributed by atoms with E-state index in [4.69, 9.17) is 11.6 Å². The average molecular weight is 326 g/mol. The third-order valence-electron chi connectivity index (χ3n) is 5.15. The molecule has 0 radical (unpaired) electrons. The largest absolute Gasteiger partial charge is 0.465 e. The molecule has 0 bridgehead atoms. The minimum Gasteiger partial charge on any atom is -0.465 e. The highest BCUT2D eigenvalue weighted by Crippen LogP contribution is 2.43. The van der Waals surface area contributed by atoms with E-state index >= 15 is 0 Å². The third-order valence-corrected chi connectivity index (χ3v) is 5.36. The van der Waals surface area contributed by atoms with E-state index in [0.717, 1.165) is 5.82 Å². The lowest BCUT2D eigenvalue weighted by molar-refractivity contribution is -0.0165. The number of anilines is 1. The highest BCUT2D eigenvalue weighted by atomic mass is 35.5. The lowest BCUT2D eigenvalue weighted by Crippen LogP contribution is -2.72. The molecule has 2 unspecified atom stereocenters. The van der Waals surface area contributed by atoms with Crippen LogP contribution in [-0.2, 0) is 0 Å². The molecule has 1 aliphatic rings. The lowest BCUT2D eigenvalue weighted by Gasteiger charge is -2.58. The van der Waals surface area contributed by atoms with Crippen molar-refractivity contribution in [1.29, 1.82) is 0 Å². The van der Waals surface area contributed by atoms with Crippen molar-refractivity contribution in [2.24, 2.45) is 5.41 Å². The number of hydrogen-bond acceptors (Lipinski definition) is 3. The molecule has 1 aromatic heterocycles. The van der Waals surface area contributed by atoms with Gasteiger partial charge in [0.05, 0.1) is 11.6 Å². The summed E-state index contributed by atoms with van der Waals surface area (Å²) in [4.78, 5) is 19.8. The van der Waals surface area contributed by atoms with Crippen molar-refractivity contribution >= 4 is 23.5 Å². The van der Waals surface area contributed by atoms with E-state index in [2.05, 4.69) is 37.6 Å². The number of pyridine rings is 1. The number of rotatable bonds is 1. The van der Waals surface area contributed by atoms with Crippen molar-refractivity contribution in [2.45, 2.75) is 46.2 Å². The Labute approximate surface area is 136 Å². The topological polar surface area (TPSA) is 56.7 Å². The molecule has 6 heteroatoms. The molecule has 2 heterocycles. The fraction of sp³-hybridized carbons (Fsp3) is 0.625. The quantitative estimate of drug-likeness (QED) is 0.799. The molecule has 1 aromatic rings. The van der Waals surface area contributed by atoms with Gasteiger partial charge >= 0.3 is 6.09 Å². The summed E-state index contributed by atoms with van der Waals surface area (Å²) in [7, 11) is 0. The van der Waals surface area contributed by atoms with Gasteiger partial charge in [-0.2, -0.15) is 0 Å². The van der Waals surface area contributed by atoms with Gasteiger partial charge in [0.1, 0.15) is 11.0 Å². The number of carbonyl (C=O) groups is 1. The number of piperazine rings is 1. The second kappa shape index (κ2) is 5.61. The van der Waals surface area contributed by atoms with Crippen molar-refractivity contribution in [2.75, 3.05) is 18.0 Å². The summed E-state index contributed by atoms with van der Waals surface area (Å²) in [6, 6.07) is 5.51. The predicted molar refractivity (Wildman–Crippen MR) is 88.6 cm³/mol. The Morgan fingerprint density at radius 1 is 1.41 bits per heavy atom. The molecular formula is C16H24ClN3O2. The van der Waals surface area contributed by atoms with Crippen molar-refractivity contribution in [3.05, 3.63) is 23.4 Å². The van der Waals surface area contributed by atoms with Crippen LogP contribution in [0.4, 0.5) is 10.6 Å². The van der Waals surface area contributed by atoms with Crippen molar-refractivity contribution in [3.8, 4) is 0 Å². The second-order valence-electron chi connectivity index (χ2n) is 7.02. The minimum atomic E-state index is -0.872. The monoisotopic (exact) mass is 325 g/mol. The molecule has 1 amide bonds. The second-order valence-corrected chi connectivity index (χ2v) is 7.41. The van der Waals surface area contributed by atoms with Crippen LogP contribution in [-0.4, -0.2) is 45.8 Å². The van der Waals surface area contributed by atoms with Crippen LogP contribution < -0.4 is 4.90 Å². The van der Waals surface area contributed by atoms with Gasteiger partial charge in [-0.1, -0.05) is 38.4 Å². The molecule has 1 saturated heterocycles. The van der Waals surface area contributed by atoms with Gasteiger partial charge in [0.15, 0.2) is 0 Å². The van der Waals surface area contributed by atoms with Gasteiger partial charge < -0.3 is 10.0 Å². The summed E-state index contributed by atoms with van der Waals surface area (Å²) in [5.41, 5.74) is -0.761. The highest BCUT2D eigenvalue weighted by molar-refractivity contribution is 6.29. The van der Waals surface area contributed by atoms with E-state index in [0.29, 0.717) is 18.2 Å². The molecule has 1 N–H and O–H groups in total. The van der Waals surface area contributed by atoms with Crippen LogP contribution in [0.3, 0.4) is 0 Å². The zero-order chi connectivity index (χ0) is 16.7. The maximum Gasteiger partial charge on any atom is 0.407 e. The molecule has 0 aliphatic carbocycles. The Morgan fingerprint density at radius 3 is 2.55 bits per heavy atom. The highest BCUT2D eigenvalue weighted by Gasteiger charge is 2.53. The summed E-state index contributed by atoms with van der Waals surface area (Å²) in [5.74, 6) is 0.792. The standard InChI is InChI=1S/C16H24ClN3O2/c1-11-16(5,15(2,3)4)20(14(21)22)10-9-19(11)13-8-6-7-12(17)18-13/h6-8,11H,9-10H2,1-5H3,(H,21,22). The Morgan fingerprint density at radius 2 is 2.05 bits per heavy atom. The maximum absolute atomic E-state index is 11.7. The molecule has 0 spiro atoms. The first-order valence-corrected chi connectivity index (χ1v) is 7.86. The van der Waals surface area contributed by atoms with Crippen molar-refractivity contribution < 1.29 is 9.90 Å². The molecule has 122 valence electrons. The molecule has 2 atom stereocenters. The molecule has 5 nitrogen and oxygen atoms in total. The Bertz CT molecular complexity index is 573. The molecular weight excluding hydrogens is 302 g/mol. The number of nitrogens with zero attached hydrogens (tertiary/aromatic N) is 3. The fourth-order valence-corrected chi connectivity index (χ4v) is 3.52. The normalized spacial score (nSPS) is 26.2. The summed E-state index contributed by atoms with van der Waals surface area (Å²) >= 11 is 6.01. The first-order valence-electron chi connectivity index (χ1n) is 7.49. The Hall–Kier alpha value is -1.49. The third kappa shape index (κ3) is 2.62. The number of amides is 1. The van der Waals surface area contributed by atoms with Crippen LogP contribution in [0.5, 0.6) is 0 Å². The van der Waals surface area contributed by atoms with Crippen LogP contribution in [0.25, 0.3) is 0 Å². The summed E-state index contributed by atoms with van der Waals surface area (Å²) in [6.07, 6.45) is -0.872. The average Bonchev–Trinajstić information content (AvgIpc) is 2.40. The zero-order valence-electron chi connectivity index (χ0n) is 13.8.